The van der Waals surface area contributed by atoms with Crippen molar-refractivity contribution in [2.45, 2.75) is 6.61 Å². The van der Waals surface area contributed by atoms with Crippen molar-refractivity contribution < 1.29 is 13.7 Å². The van der Waals surface area contributed by atoms with E-state index in [9.17, 15) is 4.39 Å². The fourth-order valence-corrected chi connectivity index (χ4v) is 1.77. The highest BCUT2D eigenvalue weighted by molar-refractivity contribution is 5.53. The standard InChI is InChI=1S/C15H12FN3O2/c16-11-3-1-2-10(8-11)15-18-14(21-19-15)9-20-13-6-4-12(17)5-7-13/h1-8H,9,17H2. The van der Waals surface area contributed by atoms with Crippen LogP contribution in [0.4, 0.5) is 10.1 Å². The lowest BCUT2D eigenvalue weighted by molar-refractivity contribution is 0.243. The van der Waals surface area contributed by atoms with Crippen LogP contribution in [0.2, 0.25) is 0 Å². The van der Waals surface area contributed by atoms with Gasteiger partial charge in [-0.1, -0.05) is 17.3 Å². The average Bonchev–Trinajstić information content (AvgIpc) is 2.96. The van der Waals surface area contributed by atoms with Gasteiger partial charge in [0.2, 0.25) is 5.82 Å². The Labute approximate surface area is 120 Å². The predicted molar refractivity (Wildman–Crippen MR) is 74.9 cm³/mol. The third kappa shape index (κ3) is 3.17. The topological polar surface area (TPSA) is 74.2 Å². The van der Waals surface area contributed by atoms with Gasteiger partial charge < -0.3 is 15.0 Å². The number of halogens is 1. The normalized spacial score (nSPS) is 10.5. The van der Waals surface area contributed by atoms with E-state index in [2.05, 4.69) is 10.1 Å². The van der Waals surface area contributed by atoms with Gasteiger partial charge in [-0.15, -0.1) is 0 Å². The average molecular weight is 285 g/mol. The minimum atomic E-state index is -0.350. The number of hydrogen-bond donors (Lipinski definition) is 1. The molecule has 6 heteroatoms. The summed E-state index contributed by atoms with van der Waals surface area (Å²) in [5.74, 6) is 0.933. The zero-order valence-corrected chi connectivity index (χ0v) is 11.0. The van der Waals surface area contributed by atoms with Crippen molar-refractivity contribution in [2.24, 2.45) is 0 Å². The summed E-state index contributed by atoms with van der Waals surface area (Å²) in [6.07, 6.45) is 0. The first-order valence-electron chi connectivity index (χ1n) is 6.27. The van der Waals surface area contributed by atoms with Crippen LogP contribution in [0, 0.1) is 5.82 Å². The number of benzene rings is 2. The minimum Gasteiger partial charge on any atom is -0.484 e. The third-order valence-electron chi connectivity index (χ3n) is 2.79. The zero-order valence-electron chi connectivity index (χ0n) is 11.0. The van der Waals surface area contributed by atoms with Gasteiger partial charge in [0.15, 0.2) is 6.61 Å². The van der Waals surface area contributed by atoms with E-state index in [-0.39, 0.29) is 12.4 Å². The van der Waals surface area contributed by atoms with Crippen LogP contribution < -0.4 is 10.5 Å². The van der Waals surface area contributed by atoms with E-state index in [0.29, 0.717) is 28.7 Å². The summed E-state index contributed by atoms with van der Waals surface area (Å²) < 4.78 is 23.7. The SMILES string of the molecule is Nc1ccc(OCc2nc(-c3cccc(F)c3)no2)cc1. The molecule has 0 atom stereocenters. The van der Waals surface area contributed by atoms with Crippen LogP contribution in [-0.2, 0) is 6.61 Å². The second kappa shape index (κ2) is 5.62. The molecule has 0 bridgehead atoms. The van der Waals surface area contributed by atoms with Gasteiger partial charge in [-0.05, 0) is 36.4 Å². The Morgan fingerprint density at radius 3 is 2.71 bits per heavy atom. The molecule has 3 rings (SSSR count). The highest BCUT2D eigenvalue weighted by Gasteiger charge is 2.09. The summed E-state index contributed by atoms with van der Waals surface area (Å²) in [4.78, 5) is 4.16. The minimum absolute atomic E-state index is 0.131. The van der Waals surface area contributed by atoms with Crippen LogP contribution in [0.25, 0.3) is 11.4 Å². The summed E-state index contributed by atoms with van der Waals surface area (Å²) in [6.45, 7) is 0.131. The van der Waals surface area contributed by atoms with Crippen LogP contribution >= 0.6 is 0 Å². The number of nitrogen functional groups attached to an aromatic ring is 1. The molecule has 3 aromatic rings. The van der Waals surface area contributed by atoms with Crippen molar-refractivity contribution in [1.29, 1.82) is 0 Å². The van der Waals surface area contributed by atoms with Gasteiger partial charge in [0, 0.05) is 11.3 Å². The lowest BCUT2D eigenvalue weighted by Crippen LogP contribution is -1.96. The Morgan fingerprint density at radius 2 is 1.95 bits per heavy atom. The van der Waals surface area contributed by atoms with Crippen molar-refractivity contribution in [3.05, 3.63) is 60.2 Å². The van der Waals surface area contributed by atoms with E-state index in [1.807, 2.05) is 0 Å². The number of ether oxygens (including phenoxy) is 1. The zero-order chi connectivity index (χ0) is 14.7. The molecule has 0 amide bonds. The number of rotatable bonds is 4. The molecule has 1 heterocycles. The fraction of sp³-hybridized carbons (Fsp3) is 0.0667. The Hall–Kier alpha value is -2.89. The number of hydrogen-bond acceptors (Lipinski definition) is 5. The fourth-order valence-electron chi connectivity index (χ4n) is 1.77. The monoisotopic (exact) mass is 285 g/mol. The lowest BCUT2D eigenvalue weighted by Gasteiger charge is -2.02. The summed E-state index contributed by atoms with van der Waals surface area (Å²) in [5.41, 5.74) is 6.80. The molecule has 0 radical (unpaired) electrons. The van der Waals surface area contributed by atoms with Gasteiger partial charge in [-0.25, -0.2) is 4.39 Å². The number of anilines is 1. The van der Waals surface area contributed by atoms with Crippen molar-refractivity contribution >= 4 is 5.69 Å². The summed E-state index contributed by atoms with van der Waals surface area (Å²) >= 11 is 0. The van der Waals surface area contributed by atoms with Gasteiger partial charge >= 0.3 is 0 Å². The van der Waals surface area contributed by atoms with Crippen molar-refractivity contribution in [1.82, 2.24) is 10.1 Å². The molecular formula is C15H12FN3O2. The number of nitrogens with zero attached hydrogens (tertiary/aromatic N) is 2. The summed E-state index contributed by atoms with van der Waals surface area (Å²) in [7, 11) is 0. The molecule has 5 nitrogen and oxygen atoms in total. The van der Waals surface area contributed by atoms with Crippen molar-refractivity contribution in [3.63, 3.8) is 0 Å². The van der Waals surface area contributed by atoms with Crippen LogP contribution in [-0.4, -0.2) is 10.1 Å². The Balaban J connectivity index is 1.69. The quantitative estimate of drug-likeness (QED) is 0.746. The molecule has 0 spiro atoms. The molecule has 0 saturated heterocycles. The molecule has 1 aromatic heterocycles. The van der Waals surface area contributed by atoms with Gasteiger partial charge in [-0.2, -0.15) is 4.98 Å². The summed E-state index contributed by atoms with van der Waals surface area (Å²) in [6, 6.07) is 13.0. The highest BCUT2D eigenvalue weighted by Crippen LogP contribution is 2.18. The maximum Gasteiger partial charge on any atom is 0.264 e. The van der Waals surface area contributed by atoms with E-state index >= 15 is 0 Å². The van der Waals surface area contributed by atoms with Crippen LogP contribution in [0.1, 0.15) is 5.89 Å². The van der Waals surface area contributed by atoms with Gasteiger partial charge in [-0.3, -0.25) is 0 Å². The molecule has 0 fully saturated rings. The molecule has 0 aliphatic heterocycles. The van der Waals surface area contributed by atoms with E-state index in [1.54, 1.807) is 36.4 Å². The van der Waals surface area contributed by atoms with E-state index < -0.39 is 0 Å². The van der Waals surface area contributed by atoms with E-state index in [4.69, 9.17) is 15.0 Å². The third-order valence-corrected chi connectivity index (χ3v) is 2.79. The maximum atomic E-state index is 13.1. The Kier molecular flexibility index (Phi) is 3.51. The van der Waals surface area contributed by atoms with E-state index in [0.717, 1.165) is 0 Å². The van der Waals surface area contributed by atoms with Crippen LogP contribution in [0.3, 0.4) is 0 Å². The molecule has 106 valence electrons. The Morgan fingerprint density at radius 1 is 1.14 bits per heavy atom. The smallest absolute Gasteiger partial charge is 0.264 e. The van der Waals surface area contributed by atoms with Gasteiger partial charge in [0.1, 0.15) is 11.6 Å². The van der Waals surface area contributed by atoms with Crippen LogP contribution in [0.15, 0.2) is 53.1 Å². The maximum absolute atomic E-state index is 13.1. The predicted octanol–water partition coefficient (Wildman–Crippen LogP) is 3.04. The second-order valence-electron chi connectivity index (χ2n) is 4.38. The highest BCUT2D eigenvalue weighted by atomic mass is 19.1. The van der Waals surface area contributed by atoms with Gasteiger partial charge in [0.25, 0.3) is 5.89 Å². The molecule has 2 N–H and O–H groups in total. The molecule has 21 heavy (non-hydrogen) atoms. The summed E-state index contributed by atoms with van der Waals surface area (Å²) in [5, 5.41) is 3.80. The number of aromatic nitrogens is 2. The Bertz CT molecular complexity index is 741. The van der Waals surface area contributed by atoms with E-state index in [1.165, 1.54) is 12.1 Å². The molecule has 0 saturated carbocycles. The second-order valence-corrected chi connectivity index (χ2v) is 4.38. The first kappa shape index (κ1) is 13.1. The number of nitrogens with two attached hydrogens (primary N) is 1. The van der Waals surface area contributed by atoms with Crippen LogP contribution in [0.5, 0.6) is 5.75 Å². The molecule has 0 unspecified atom stereocenters. The van der Waals surface area contributed by atoms with Gasteiger partial charge in [0.05, 0.1) is 0 Å². The largest absolute Gasteiger partial charge is 0.484 e. The lowest BCUT2D eigenvalue weighted by atomic mass is 10.2. The molecular weight excluding hydrogens is 273 g/mol. The molecule has 2 aromatic carbocycles. The molecule has 0 aliphatic rings. The first-order chi connectivity index (χ1) is 10.2. The van der Waals surface area contributed by atoms with Crippen molar-refractivity contribution in [2.75, 3.05) is 5.73 Å². The molecule has 0 aliphatic carbocycles. The first-order valence-corrected chi connectivity index (χ1v) is 6.27. The van der Waals surface area contributed by atoms with Crippen molar-refractivity contribution in [3.8, 4) is 17.1 Å².